The lowest BCUT2D eigenvalue weighted by Gasteiger charge is -2.27. The van der Waals surface area contributed by atoms with Gasteiger partial charge in [0.2, 0.25) is 0 Å². The van der Waals surface area contributed by atoms with Crippen molar-refractivity contribution >= 4 is 6.29 Å². The van der Waals surface area contributed by atoms with Crippen molar-refractivity contribution in [3.05, 3.63) is 23.0 Å². The van der Waals surface area contributed by atoms with Crippen LogP contribution in [0.2, 0.25) is 0 Å². The van der Waals surface area contributed by atoms with Gasteiger partial charge in [-0.15, -0.1) is 0 Å². The summed E-state index contributed by atoms with van der Waals surface area (Å²) in [5, 5.41) is 10.1. The summed E-state index contributed by atoms with van der Waals surface area (Å²) < 4.78 is 5.28. The van der Waals surface area contributed by atoms with E-state index in [-0.39, 0.29) is 5.76 Å². The molecule has 1 fully saturated rings. The Morgan fingerprint density at radius 3 is 2.71 bits per heavy atom. The van der Waals surface area contributed by atoms with Gasteiger partial charge in [0.05, 0.1) is 13.2 Å². The molecule has 0 aromatic heterocycles. The molecule has 0 spiro atoms. The first-order valence-electron chi connectivity index (χ1n) is 5.95. The van der Waals surface area contributed by atoms with Crippen LogP contribution in [0, 0.1) is 5.41 Å². The number of carbonyl (C=O) groups is 1. The second-order valence-corrected chi connectivity index (χ2v) is 4.91. The third kappa shape index (κ3) is 2.15. The molecule has 1 saturated heterocycles. The van der Waals surface area contributed by atoms with E-state index in [0.717, 1.165) is 43.7 Å². The Balaban J connectivity index is 2.13. The predicted octanol–water partition coefficient (Wildman–Crippen LogP) is 1.30. The summed E-state index contributed by atoms with van der Waals surface area (Å²) in [6, 6.07) is 0. The first kappa shape index (κ1) is 12.3. The minimum Gasteiger partial charge on any atom is -0.511 e. The number of hydrogen-bond donors (Lipinski definition) is 1. The second-order valence-electron chi connectivity index (χ2n) is 4.91. The van der Waals surface area contributed by atoms with Crippen LogP contribution in [-0.4, -0.2) is 49.1 Å². The van der Waals surface area contributed by atoms with E-state index in [1.165, 1.54) is 0 Å². The normalized spacial score (nSPS) is 30.6. The maximum absolute atomic E-state index is 11.1. The topological polar surface area (TPSA) is 49.8 Å². The number of allylic oxidation sites excluding steroid dienone is 1. The van der Waals surface area contributed by atoms with E-state index in [2.05, 4.69) is 4.90 Å². The van der Waals surface area contributed by atoms with Gasteiger partial charge in [0.1, 0.15) is 17.5 Å². The molecule has 2 aliphatic rings. The van der Waals surface area contributed by atoms with Crippen LogP contribution in [0.25, 0.3) is 0 Å². The Bertz CT molecular complexity index is 380. The van der Waals surface area contributed by atoms with Crippen molar-refractivity contribution in [3.8, 4) is 0 Å². The molecular formula is C13H19NO3. The summed E-state index contributed by atoms with van der Waals surface area (Å²) in [5.74, 6) is 0.205. The van der Waals surface area contributed by atoms with Crippen LogP contribution in [0.15, 0.2) is 23.0 Å². The molecule has 1 aliphatic carbocycles. The minimum atomic E-state index is -0.818. The highest BCUT2D eigenvalue weighted by atomic mass is 16.5. The van der Waals surface area contributed by atoms with Crippen molar-refractivity contribution in [2.45, 2.75) is 13.8 Å². The molecule has 94 valence electrons. The molecule has 0 aromatic rings. The maximum atomic E-state index is 11.1. The summed E-state index contributed by atoms with van der Waals surface area (Å²) in [6.07, 6.45) is 2.75. The Hall–Kier alpha value is -1.13. The van der Waals surface area contributed by atoms with Crippen molar-refractivity contribution in [3.63, 3.8) is 0 Å². The lowest BCUT2D eigenvalue weighted by atomic mass is 9.86. The van der Waals surface area contributed by atoms with Gasteiger partial charge in [-0.3, -0.25) is 4.90 Å². The molecule has 17 heavy (non-hydrogen) atoms. The molecule has 2 rings (SSSR count). The van der Waals surface area contributed by atoms with Crippen LogP contribution >= 0.6 is 0 Å². The highest BCUT2D eigenvalue weighted by Crippen LogP contribution is 2.39. The quantitative estimate of drug-likeness (QED) is 0.752. The predicted molar refractivity (Wildman–Crippen MR) is 64.8 cm³/mol. The zero-order valence-corrected chi connectivity index (χ0v) is 10.4. The molecule has 1 aliphatic heterocycles. The van der Waals surface area contributed by atoms with Crippen molar-refractivity contribution in [2.24, 2.45) is 5.41 Å². The second kappa shape index (κ2) is 4.63. The molecule has 0 saturated carbocycles. The zero-order chi connectivity index (χ0) is 12.5. The Morgan fingerprint density at radius 2 is 2.18 bits per heavy atom. The highest BCUT2D eigenvalue weighted by molar-refractivity contribution is 5.72. The van der Waals surface area contributed by atoms with E-state index >= 15 is 0 Å². The molecular weight excluding hydrogens is 218 g/mol. The summed E-state index contributed by atoms with van der Waals surface area (Å²) in [4.78, 5) is 13.4. The fourth-order valence-corrected chi connectivity index (χ4v) is 2.27. The standard InChI is InChI=1S/C13H19NO3/c1-10-7-11(12(16)13(10,2)9-15)8-14-3-5-17-6-4-14/h7,9,16H,3-6,8H2,1-2H3/t13-/m0/s1. The molecule has 1 heterocycles. The van der Waals surface area contributed by atoms with E-state index < -0.39 is 5.41 Å². The summed E-state index contributed by atoms with van der Waals surface area (Å²) >= 11 is 0. The Morgan fingerprint density at radius 1 is 1.53 bits per heavy atom. The van der Waals surface area contributed by atoms with Crippen molar-refractivity contribution in [2.75, 3.05) is 32.8 Å². The fraction of sp³-hybridized carbons (Fsp3) is 0.615. The smallest absolute Gasteiger partial charge is 0.137 e. The van der Waals surface area contributed by atoms with E-state index in [1.54, 1.807) is 6.92 Å². The molecule has 1 atom stereocenters. The first-order valence-corrected chi connectivity index (χ1v) is 5.95. The van der Waals surface area contributed by atoms with Crippen LogP contribution in [0.1, 0.15) is 13.8 Å². The van der Waals surface area contributed by atoms with Crippen LogP contribution in [0.4, 0.5) is 0 Å². The van der Waals surface area contributed by atoms with Crippen molar-refractivity contribution in [1.82, 2.24) is 4.90 Å². The zero-order valence-electron chi connectivity index (χ0n) is 10.4. The molecule has 4 heteroatoms. The number of ether oxygens (including phenoxy) is 1. The number of aldehydes is 1. The number of hydrogen-bond acceptors (Lipinski definition) is 4. The SMILES string of the molecule is CC1=CC(CN2CCOCC2)=C(O)[C@@]1(C)C=O. The number of aliphatic hydroxyl groups excluding tert-OH is 1. The van der Waals surface area contributed by atoms with Gasteiger partial charge in [0.15, 0.2) is 0 Å². The summed E-state index contributed by atoms with van der Waals surface area (Å²) in [7, 11) is 0. The minimum absolute atomic E-state index is 0.205. The monoisotopic (exact) mass is 237 g/mol. The summed E-state index contributed by atoms with van der Waals surface area (Å²) in [6.45, 7) is 7.56. The van der Waals surface area contributed by atoms with Crippen molar-refractivity contribution in [1.29, 1.82) is 0 Å². The lowest BCUT2D eigenvalue weighted by Crippen LogP contribution is -2.37. The first-order chi connectivity index (χ1) is 8.08. The van der Waals surface area contributed by atoms with Gasteiger partial charge in [0.25, 0.3) is 0 Å². The van der Waals surface area contributed by atoms with Gasteiger partial charge in [-0.25, -0.2) is 0 Å². The highest BCUT2D eigenvalue weighted by Gasteiger charge is 2.37. The van der Waals surface area contributed by atoms with Crippen LogP contribution in [-0.2, 0) is 9.53 Å². The molecule has 4 nitrogen and oxygen atoms in total. The number of rotatable bonds is 3. The van der Waals surface area contributed by atoms with Crippen LogP contribution < -0.4 is 0 Å². The third-order valence-electron chi connectivity index (χ3n) is 3.74. The summed E-state index contributed by atoms with van der Waals surface area (Å²) in [5.41, 5.74) is 0.953. The van der Waals surface area contributed by atoms with Gasteiger partial charge in [-0.05, 0) is 13.8 Å². The average molecular weight is 237 g/mol. The number of nitrogens with zero attached hydrogens (tertiary/aromatic N) is 1. The third-order valence-corrected chi connectivity index (χ3v) is 3.74. The van der Waals surface area contributed by atoms with E-state index in [1.807, 2.05) is 13.0 Å². The molecule has 0 unspecified atom stereocenters. The number of aliphatic hydroxyl groups is 1. The number of carbonyl (C=O) groups excluding carboxylic acids is 1. The molecule has 1 N–H and O–H groups in total. The molecule has 0 amide bonds. The van der Waals surface area contributed by atoms with Gasteiger partial charge in [0, 0.05) is 25.2 Å². The van der Waals surface area contributed by atoms with Crippen LogP contribution in [0.3, 0.4) is 0 Å². The Kier molecular flexibility index (Phi) is 3.35. The average Bonchev–Trinajstić information content (AvgIpc) is 2.56. The molecule has 0 aromatic carbocycles. The fourth-order valence-electron chi connectivity index (χ4n) is 2.27. The van der Waals surface area contributed by atoms with E-state index in [4.69, 9.17) is 4.74 Å². The van der Waals surface area contributed by atoms with E-state index in [0.29, 0.717) is 6.54 Å². The lowest BCUT2D eigenvalue weighted by molar-refractivity contribution is -0.113. The van der Waals surface area contributed by atoms with Crippen molar-refractivity contribution < 1.29 is 14.6 Å². The maximum Gasteiger partial charge on any atom is 0.137 e. The number of morpholine rings is 1. The van der Waals surface area contributed by atoms with E-state index in [9.17, 15) is 9.90 Å². The molecule has 0 radical (unpaired) electrons. The van der Waals surface area contributed by atoms with Gasteiger partial charge < -0.3 is 14.6 Å². The molecule has 0 bridgehead atoms. The van der Waals surface area contributed by atoms with Gasteiger partial charge in [-0.1, -0.05) is 11.6 Å². The van der Waals surface area contributed by atoms with Gasteiger partial charge in [-0.2, -0.15) is 0 Å². The largest absolute Gasteiger partial charge is 0.511 e. The Labute approximate surface area is 102 Å². The van der Waals surface area contributed by atoms with Gasteiger partial charge >= 0.3 is 0 Å². The van der Waals surface area contributed by atoms with Crippen LogP contribution in [0.5, 0.6) is 0 Å².